The summed E-state index contributed by atoms with van der Waals surface area (Å²) in [5.41, 5.74) is -3.78. The molecule has 0 heterocycles. The fraction of sp³-hybridized carbons (Fsp3) is 0. The van der Waals surface area contributed by atoms with Gasteiger partial charge < -0.3 is 39.6 Å². The molecule has 0 aromatic carbocycles. The second-order valence-electron chi connectivity index (χ2n) is 1.97. The molecule has 8 nitrogen and oxygen atoms in total. The Morgan fingerprint density at radius 2 is 0.529 bits per heavy atom. The van der Waals surface area contributed by atoms with Gasteiger partial charge in [0.15, 0.2) is 0 Å². The van der Waals surface area contributed by atoms with Gasteiger partial charge in [0.05, 0.1) is 41.0 Å². The first-order chi connectivity index (χ1) is 6.93. The van der Waals surface area contributed by atoms with Crippen molar-refractivity contribution in [3.05, 3.63) is 0 Å². The molecule has 0 spiro atoms. The minimum atomic E-state index is -0.944. The molecule has 0 unspecified atom stereocenters. The molecule has 0 aliphatic rings. The Morgan fingerprint density at radius 3 is 0.529 bits per heavy atom. The van der Waals surface area contributed by atoms with E-state index in [0.717, 1.165) is 0 Å². The summed E-state index contributed by atoms with van der Waals surface area (Å²) in [5, 5.41) is 35.8. The molecule has 17 heavy (non-hydrogen) atoms. The zero-order valence-electron chi connectivity index (χ0n) is 9.77. The van der Waals surface area contributed by atoms with Gasteiger partial charge in [-0.05, 0) is 0 Å². The van der Waals surface area contributed by atoms with Gasteiger partial charge in [0.2, 0.25) is 0 Å². The van der Waals surface area contributed by atoms with E-state index in [9.17, 15) is 0 Å². The van der Waals surface area contributed by atoms with Crippen LogP contribution < -0.4 is 20.4 Å². The van der Waals surface area contributed by atoms with Crippen molar-refractivity contribution in [1.82, 2.24) is 0 Å². The molecule has 0 aromatic heterocycles. The van der Waals surface area contributed by atoms with Crippen LogP contribution in [0.3, 0.4) is 0 Å². The van der Waals surface area contributed by atoms with Gasteiger partial charge in [-0.1, -0.05) is 0 Å². The van der Waals surface area contributed by atoms with E-state index in [1.54, 1.807) is 0 Å². The number of hydrogen-bond acceptors (Lipinski definition) is 8. The van der Waals surface area contributed by atoms with Crippen molar-refractivity contribution < 1.29 is 61.3 Å². The zero-order valence-corrected chi connectivity index (χ0v) is 19.3. The van der Waals surface area contributed by atoms with Crippen LogP contribution in [0, 0.1) is 0 Å². The summed E-state index contributed by atoms with van der Waals surface area (Å²) in [5.74, 6) is 0. The van der Waals surface area contributed by atoms with Crippen molar-refractivity contribution >= 4 is 63.3 Å². The maximum Gasteiger partial charge on any atom is 4.00 e. The van der Waals surface area contributed by atoms with Crippen LogP contribution in [0.1, 0.15) is 0 Å². The van der Waals surface area contributed by atoms with E-state index in [0.29, 0.717) is 0 Å². The first-order valence-corrected chi connectivity index (χ1v) is 7.63. The summed E-state index contributed by atoms with van der Waals surface area (Å²) >= 11 is 0. The van der Waals surface area contributed by atoms with E-state index in [1.807, 2.05) is 0 Å². The zero-order chi connectivity index (χ0) is 14.3. The molecule has 0 bridgehead atoms. The van der Waals surface area contributed by atoms with Gasteiger partial charge in [-0.3, -0.25) is 0 Å². The number of rotatable bonds is 0. The molecule has 0 aromatic rings. The van der Waals surface area contributed by atoms with Crippen LogP contribution in [0.15, 0.2) is 0 Å². The van der Waals surface area contributed by atoms with Crippen molar-refractivity contribution in [3.63, 3.8) is 0 Å². The van der Waals surface area contributed by atoms with Crippen molar-refractivity contribution in [2.75, 3.05) is 0 Å². The van der Waals surface area contributed by atoms with Crippen molar-refractivity contribution in [1.29, 1.82) is 0 Å². The third-order valence-corrected chi connectivity index (χ3v) is 0. The van der Waals surface area contributed by atoms with Gasteiger partial charge in [0.1, 0.15) is 0 Å². The molecule has 0 amide bonds. The fourth-order valence-corrected chi connectivity index (χ4v) is 0. The number of carbonyl (C=O) groups excluding carboxylic acids is 4. The minimum Gasteiger partial charge on any atom is -0.556 e. The first-order valence-electron chi connectivity index (χ1n) is 3.63. The molecule has 0 N–H and O–H groups in total. The normalized spacial score (nSPS) is 6.59. The Kier molecular flexibility index (Phi) is 43.4. The topological polar surface area (TPSA) is 161 Å². The van der Waals surface area contributed by atoms with Crippen LogP contribution in [-0.4, -0.2) is 63.3 Å². The molecule has 96 valence electrons. The number of carboxylic acid groups (broad SMARTS) is 4. The summed E-state index contributed by atoms with van der Waals surface area (Å²) in [7, 11) is 0.617. The van der Waals surface area contributed by atoms with E-state index in [-0.39, 0.29) is 62.7 Å². The fourth-order valence-electron chi connectivity index (χ4n) is 0. The average Bonchev–Trinajstić information content (AvgIpc) is 1.76. The molecule has 0 aliphatic heterocycles. The monoisotopic (exact) mass is 348 g/mol. The second kappa shape index (κ2) is 24.6. The Labute approximate surface area is 124 Å². The smallest absolute Gasteiger partial charge is 0.556 e. The molecule has 0 saturated heterocycles. The van der Waals surface area contributed by atoms with Gasteiger partial charge in [-0.25, -0.2) is 0 Å². The van der Waals surface area contributed by atoms with Gasteiger partial charge in [-0.2, -0.15) is 0 Å². The Balaban J connectivity index is -0.0000000369. The van der Waals surface area contributed by atoms with E-state index >= 15 is 0 Å². The largest absolute Gasteiger partial charge is 4.00 e. The van der Waals surface area contributed by atoms with Gasteiger partial charge >= 0.3 is 21.7 Å². The quantitative estimate of drug-likeness (QED) is 0.390. The molecule has 0 saturated carbocycles. The van der Waals surface area contributed by atoms with Crippen molar-refractivity contribution in [3.8, 4) is 0 Å². The van der Waals surface area contributed by atoms with E-state index < -0.39 is 22.4 Å². The van der Waals surface area contributed by atoms with Crippen LogP contribution in [0.5, 0.6) is 0 Å². The van der Waals surface area contributed by atoms with Crippen LogP contribution in [-0.2, 0) is 21.7 Å². The van der Waals surface area contributed by atoms with Crippen molar-refractivity contribution in [2.45, 2.75) is 0 Å². The Morgan fingerprint density at radius 1 is 0.529 bits per heavy atom. The van der Waals surface area contributed by atoms with Crippen LogP contribution in [0.4, 0.5) is 19.2 Å². The van der Waals surface area contributed by atoms with Gasteiger partial charge in [0.25, 0.3) is 0 Å². The molecule has 13 heteroatoms. The van der Waals surface area contributed by atoms with Gasteiger partial charge in [-0.15, -0.1) is 0 Å². The van der Waals surface area contributed by atoms with E-state index in [4.69, 9.17) is 39.6 Å². The predicted molar refractivity (Wildman–Crippen MR) is 61.3 cm³/mol. The summed E-state index contributed by atoms with van der Waals surface area (Å²) < 4.78 is 0. The molecular formula is C4H12O8Si4Ti. The Bertz CT molecular complexity index is 170. The summed E-state index contributed by atoms with van der Waals surface area (Å²) in [6.07, 6.45) is 0. The third kappa shape index (κ3) is 9670. The molecule has 0 atom stereocenters. The minimum absolute atomic E-state index is 0. The maximum atomic E-state index is 8.95. The van der Waals surface area contributed by atoms with Crippen LogP contribution in [0.25, 0.3) is 0 Å². The predicted octanol–water partition coefficient (Wildman–Crippen LogP) is -9.22. The number of hydrogen-bond donors (Lipinski definition) is 0. The summed E-state index contributed by atoms with van der Waals surface area (Å²) in [6, 6.07) is 0. The Hall–Kier alpha value is -0.538. The molecular weight excluding hydrogens is 336 g/mol. The first kappa shape index (κ1) is 30.0. The second-order valence-corrected chi connectivity index (χ2v) is 5.23. The average molecular weight is 348 g/mol. The van der Waals surface area contributed by atoms with Crippen LogP contribution in [0.2, 0.25) is 0 Å². The number of carbonyl (C=O) groups is 4. The molecule has 0 aliphatic carbocycles. The summed E-state index contributed by atoms with van der Waals surface area (Å²) in [6.45, 7) is 0. The molecule has 0 fully saturated rings. The molecule has 0 rings (SSSR count). The van der Waals surface area contributed by atoms with Crippen LogP contribution >= 0.6 is 0 Å². The van der Waals surface area contributed by atoms with Gasteiger partial charge in [0, 0.05) is 22.4 Å². The van der Waals surface area contributed by atoms with Crippen molar-refractivity contribution in [2.24, 2.45) is 0 Å². The van der Waals surface area contributed by atoms with E-state index in [2.05, 4.69) is 0 Å². The molecule has 0 radical (unpaired) electrons. The standard InChI is InChI=1S/4CH4O2Si.Ti/c4*2-1(3)4;/h4*4H3,(H,2,3);/q;;;;+4/p-4. The van der Waals surface area contributed by atoms with E-state index in [1.165, 1.54) is 0 Å². The maximum absolute atomic E-state index is 8.95. The summed E-state index contributed by atoms with van der Waals surface area (Å²) in [4.78, 5) is 35.8. The third-order valence-electron chi connectivity index (χ3n) is 0. The SMILES string of the molecule is O=C([O-])[SiH3].O=C([O-])[SiH3].O=C([O-])[SiH3].O=C([O-])[SiH3].[Ti+4].